The number of carbonyl (C=O) groups excluding carboxylic acids is 1. The molecule has 10 heteroatoms. The molecule has 1 aliphatic carbocycles. The number of rotatable bonds is 9. The highest BCUT2D eigenvalue weighted by molar-refractivity contribution is 6.76. The summed E-state index contributed by atoms with van der Waals surface area (Å²) in [6.45, 7) is 9.35. The van der Waals surface area contributed by atoms with Gasteiger partial charge in [0, 0.05) is 44.2 Å². The first-order valence-electron chi connectivity index (χ1n) is 11.8. The molecule has 3 rings (SSSR count). The van der Waals surface area contributed by atoms with E-state index in [2.05, 4.69) is 29.6 Å². The van der Waals surface area contributed by atoms with Crippen molar-refractivity contribution in [3.63, 3.8) is 0 Å². The molecule has 0 atom stereocenters. The summed E-state index contributed by atoms with van der Waals surface area (Å²) in [5, 5.41) is 0. The minimum Gasteiger partial charge on any atom is -0.466 e. The van der Waals surface area contributed by atoms with Crippen LogP contribution in [-0.4, -0.2) is 41.8 Å². The molecule has 0 unspecified atom stereocenters. The number of halogens is 3. The molecule has 0 spiro atoms. The molecule has 6 nitrogen and oxygen atoms in total. The van der Waals surface area contributed by atoms with Crippen molar-refractivity contribution < 1.29 is 27.4 Å². The van der Waals surface area contributed by atoms with Crippen LogP contribution < -0.4 is 0 Å². The molecule has 2 aromatic heterocycles. The molecule has 1 fully saturated rings. The zero-order valence-electron chi connectivity index (χ0n) is 20.3. The summed E-state index contributed by atoms with van der Waals surface area (Å²) in [5.41, 5.74) is 0.442. The molecule has 1 saturated carbocycles. The summed E-state index contributed by atoms with van der Waals surface area (Å²) in [5.74, 6) is 0.203. The molecule has 1 aliphatic rings. The van der Waals surface area contributed by atoms with Crippen LogP contribution in [0.25, 0.3) is 11.4 Å². The molecule has 0 amide bonds. The molecule has 0 radical (unpaired) electrons. The molecule has 0 aliphatic heterocycles. The van der Waals surface area contributed by atoms with E-state index < -0.39 is 19.9 Å². The lowest BCUT2D eigenvalue weighted by molar-refractivity contribution is -0.149. The van der Waals surface area contributed by atoms with Crippen LogP contribution in [0.2, 0.25) is 25.7 Å². The zero-order valence-corrected chi connectivity index (χ0v) is 21.3. The van der Waals surface area contributed by atoms with E-state index in [0.717, 1.165) is 43.6 Å². The van der Waals surface area contributed by atoms with Crippen molar-refractivity contribution in [3.05, 3.63) is 35.9 Å². The van der Waals surface area contributed by atoms with Gasteiger partial charge in [0.05, 0.1) is 12.5 Å². The molecule has 0 N–H and O–H groups in total. The van der Waals surface area contributed by atoms with Crippen molar-refractivity contribution in [1.82, 2.24) is 14.5 Å². The number of carbonyl (C=O) groups is 1. The second-order valence-corrected chi connectivity index (χ2v) is 15.7. The first kappa shape index (κ1) is 26.4. The van der Waals surface area contributed by atoms with Crippen molar-refractivity contribution in [2.45, 2.75) is 77.1 Å². The van der Waals surface area contributed by atoms with Crippen molar-refractivity contribution in [1.29, 1.82) is 0 Å². The number of esters is 1. The first-order valence-corrected chi connectivity index (χ1v) is 15.5. The standard InChI is InChI=1S/C24H34F3N3O3Si/c1-5-33-23(31)18-8-6-17(7-9-18)20-11-10-19(14-28-20)22-29-21(24(25,26)27)15-30(22)16-32-12-13-34(2,3)4/h10-11,14-15,17-18H,5-9,12-13,16H2,1-4H3. The van der Waals surface area contributed by atoms with E-state index in [1.54, 1.807) is 19.2 Å². The quantitative estimate of drug-likeness (QED) is 0.237. The molecule has 2 aromatic rings. The Balaban J connectivity index is 1.70. The third kappa shape index (κ3) is 7.15. The van der Waals surface area contributed by atoms with E-state index in [1.807, 2.05) is 6.07 Å². The summed E-state index contributed by atoms with van der Waals surface area (Å²) in [6.07, 6.45) is 1.19. The Morgan fingerprint density at radius 1 is 1.18 bits per heavy atom. The van der Waals surface area contributed by atoms with Crippen molar-refractivity contribution in [2.24, 2.45) is 5.92 Å². The fourth-order valence-electron chi connectivity index (χ4n) is 4.09. The SMILES string of the molecule is CCOC(=O)C1CCC(c2ccc(-c3nc(C(F)(F)F)cn3COCC[Si](C)(C)C)cn2)CC1. The van der Waals surface area contributed by atoms with Crippen LogP contribution >= 0.6 is 0 Å². The molecule has 0 saturated heterocycles. The van der Waals surface area contributed by atoms with Gasteiger partial charge in [0.25, 0.3) is 0 Å². The van der Waals surface area contributed by atoms with Crippen LogP contribution in [0.3, 0.4) is 0 Å². The number of aromatic nitrogens is 3. The lowest BCUT2D eigenvalue weighted by Gasteiger charge is -2.26. The lowest BCUT2D eigenvalue weighted by Crippen LogP contribution is -2.23. The number of ether oxygens (including phenoxy) is 2. The van der Waals surface area contributed by atoms with Gasteiger partial charge in [0.2, 0.25) is 0 Å². The number of imidazole rings is 1. The summed E-state index contributed by atoms with van der Waals surface area (Å²) < 4.78 is 52.2. The van der Waals surface area contributed by atoms with Crippen LogP contribution in [0.4, 0.5) is 13.2 Å². The van der Waals surface area contributed by atoms with E-state index in [0.29, 0.717) is 18.8 Å². The number of hydrogen-bond donors (Lipinski definition) is 0. The summed E-state index contributed by atoms with van der Waals surface area (Å²) >= 11 is 0. The van der Waals surface area contributed by atoms with Gasteiger partial charge in [-0.15, -0.1) is 0 Å². The number of hydrogen-bond acceptors (Lipinski definition) is 5. The second kappa shape index (κ2) is 11.0. The number of nitrogens with zero attached hydrogens (tertiary/aromatic N) is 3. The molecule has 0 bridgehead atoms. The lowest BCUT2D eigenvalue weighted by atomic mass is 9.80. The second-order valence-electron chi connectivity index (χ2n) is 10.0. The van der Waals surface area contributed by atoms with Crippen molar-refractivity contribution >= 4 is 14.0 Å². The van der Waals surface area contributed by atoms with Crippen LogP contribution in [0, 0.1) is 5.92 Å². The topological polar surface area (TPSA) is 66.2 Å². The largest absolute Gasteiger partial charge is 0.466 e. The van der Waals surface area contributed by atoms with Gasteiger partial charge in [-0.05, 0) is 50.8 Å². The van der Waals surface area contributed by atoms with Crippen molar-refractivity contribution in [3.8, 4) is 11.4 Å². The van der Waals surface area contributed by atoms with Gasteiger partial charge in [-0.25, -0.2) is 4.98 Å². The predicted octanol–water partition coefficient (Wildman–Crippen LogP) is 6.11. The van der Waals surface area contributed by atoms with Crippen LogP contribution in [-0.2, 0) is 27.2 Å². The van der Waals surface area contributed by atoms with E-state index in [1.165, 1.54) is 4.57 Å². The van der Waals surface area contributed by atoms with Crippen LogP contribution in [0.5, 0.6) is 0 Å². The Hall–Kier alpha value is -2.20. The molecule has 0 aromatic carbocycles. The Labute approximate surface area is 199 Å². The average Bonchev–Trinajstić information content (AvgIpc) is 3.21. The third-order valence-electron chi connectivity index (χ3n) is 6.10. The molecule has 34 heavy (non-hydrogen) atoms. The average molecular weight is 498 g/mol. The minimum absolute atomic E-state index is 0.00250. The van der Waals surface area contributed by atoms with Gasteiger partial charge < -0.3 is 14.0 Å². The third-order valence-corrected chi connectivity index (χ3v) is 7.81. The van der Waals surface area contributed by atoms with Crippen molar-refractivity contribution in [2.75, 3.05) is 13.2 Å². The Morgan fingerprint density at radius 3 is 2.44 bits per heavy atom. The highest BCUT2D eigenvalue weighted by Crippen LogP contribution is 2.36. The number of alkyl halides is 3. The molecular weight excluding hydrogens is 463 g/mol. The van der Waals surface area contributed by atoms with E-state index in [9.17, 15) is 18.0 Å². The van der Waals surface area contributed by atoms with Crippen LogP contribution in [0.15, 0.2) is 24.5 Å². The van der Waals surface area contributed by atoms with E-state index in [4.69, 9.17) is 9.47 Å². The molecule has 2 heterocycles. The van der Waals surface area contributed by atoms with Gasteiger partial charge in [0.1, 0.15) is 12.6 Å². The van der Waals surface area contributed by atoms with E-state index >= 15 is 0 Å². The highest BCUT2D eigenvalue weighted by Gasteiger charge is 2.35. The zero-order chi connectivity index (χ0) is 24.9. The fourth-order valence-corrected chi connectivity index (χ4v) is 4.84. The van der Waals surface area contributed by atoms with Crippen LogP contribution in [0.1, 0.15) is 49.9 Å². The maximum atomic E-state index is 13.3. The number of pyridine rings is 1. The molecular formula is C24H34F3N3O3Si. The van der Waals surface area contributed by atoms with Gasteiger partial charge in [0.15, 0.2) is 5.69 Å². The maximum Gasteiger partial charge on any atom is 0.434 e. The van der Waals surface area contributed by atoms with E-state index in [-0.39, 0.29) is 30.4 Å². The minimum atomic E-state index is -4.54. The smallest absolute Gasteiger partial charge is 0.434 e. The van der Waals surface area contributed by atoms with Gasteiger partial charge in [-0.2, -0.15) is 13.2 Å². The Kier molecular flexibility index (Phi) is 8.56. The summed E-state index contributed by atoms with van der Waals surface area (Å²) in [4.78, 5) is 20.3. The van der Waals surface area contributed by atoms with Gasteiger partial charge >= 0.3 is 12.1 Å². The molecule has 188 valence electrons. The maximum absolute atomic E-state index is 13.3. The normalized spacial score (nSPS) is 19.3. The van der Waals surface area contributed by atoms with Gasteiger partial charge in [-0.1, -0.05) is 19.6 Å². The fraction of sp³-hybridized carbons (Fsp3) is 0.625. The Morgan fingerprint density at radius 2 is 1.88 bits per heavy atom. The summed E-state index contributed by atoms with van der Waals surface area (Å²) in [7, 11) is -1.30. The first-order chi connectivity index (χ1) is 16.0. The Bertz CT molecular complexity index is 947. The summed E-state index contributed by atoms with van der Waals surface area (Å²) in [6, 6.07) is 4.54. The highest BCUT2D eigenvalue weighted by atomic mass is 28.3. The van der Waals surface area contributed by atoms with Gasteiger partial charge in [-0.3, -0.25) is 9.78 Å². The monoisotopic (exact) mass is 497 g/mol. The predicted molar refractivity (Wildman–Crippen MR) is 126 cm³/mol.